The molecule has 1 amide bonds. The fourth-order valence-corrected chi connectivity index (χ4v) is 2.62. The van der Waals surface area contributed by atoms with Crippen LogP contribution >= 0.6 is 0 Å². The molecule has 0 saturated heterocycles. The molecule has 0 radical (unpaired) electrons. The van der Waals surface area contributed by atoms with Gasteiger partial charge in [-0.25, -0.2) is 0 Å². The first-order valence-corrected chi connectivity index (χ1v) is 6.69. The van der Waals surface area contributed by atoms with E-state index in [0.29, 0.717) is 6.04 Å². The molecular weight excluding hydrogens is 200 g/mol. The van der Waals surface area contributed by atoms with Crippen molar-refractivity contribution >= 4 is 5.91 Å². The van der Waals surface area contributed by atoms with Crippen LogP contribution in [0.4, 0.5) is 0 Å². The van der Waals surface area contributed by atoms with E-state index in [4.69, 9.17) is 5.73 Å². The lowest BCUT2D eigenvalue weighted by Crippen LogP contribution is -2.56. The molecule has 2 N–H and O–H groups in total. The van der Waals surface area contributed by atoms with Gasteiger partial charge < -0.3 is 10.6 Å². The Kier molecular flexibility index (Phi) is 4.78. The van der Waals surface area contributed by atoms with E-state index in [1.165, 1.54) is 12.8 Å². The molecule has 3 heteroatoms. The summed E-state index contributed by atoms with van der Waals surface area (Å²) >= 11 is 0. The molecule has 1 aliphatic rings. The van der Waals surface area contributed by atoms with E-state index in [0.717, 1.165) is 32.2 Å². The maximum Gasteiger partial charge on any atom is 0.242 e. The molecule has 3 nitrogen and oxygen atoms in total. The lowest BCUT2D eigenvalue weighted by molar-refractivity contribution is -0.139. The highest BCUT2D eigenvalue weighted by molar-refractivity contribution is 5.86. The molecule has 0 bridgehead atoms. The van der Waals surface area contributed by atoms with E-state index in [9.17, 15) is 4.79 Å². The topological polar surface area (TPSA) is 46.3 Å². The van der Waals surface area contributed by atoms with E-state index in [2.05, 4.69) is 6.92 Å². The largest absolute Gasteiger partial charge is 0.338 e. The quantitative estimate of drug-likeness (QED) is 0.782. The highest BCUT2D eigenvalue weighted by Gasteiger charge is 2.36. The summed E-state index contributed by atoms with van der Waals surface area (Å²) in [6.07, 6.45) is 6.28. The third-order valence-corrected chi connectivity index (χ3v) is 4.05. The van der Waals surface area contributed by atoms with Gasteiger partial charge in [0.1, 0.15) is 0 Å². The minimum atomic E-state index is -0.640. The maximum absolute atomic E-state index is 12.4. The molecule has 1 aliphatic carbocycles. The summed E-state index contributed by atoms with van der Waals surface area (Å²) in [5.41, 5.74) is 5.55. The van der Waals surface area contributed by atoms with Crippen molar-refractivity contribution in [2.75, 3.05) is 6.54 Å². The number of rotatable bonds is 5. The molecule has 1 saturated carbocycles. The molecule has 0 spiro atoms. The molecule has 0 aromatic carbocycles. The minimum absolute atomic E-state index is 0.159. The Hall–Kier alpha value is -0.570. The second-order valence-electron chi connectivity index (χ2n) is 4.89. The number of carbonyl (C=O) groups excluding carboxylic acids is 1. The van der Waals surface area contributed by atoms with Crippen molar-refractivity contribution in [1.29, 1.82) is 0 Å². The Morgan fingerprint density at radius 3 is 2.12 bits per heavy atom. The fraction of sp³-hybridized carbons (Fsp3) is 0.923. The molecule has 0 aromatic rings. The third-order valence-electron chi connectivity index (χ3n) is 4.05. The first-order chi connectivity index (χ1) is 7.59. The van der Waals surface area contributed by atoms with Crippen LogP contribution < -0.4 is 5.73 Å². The summed E-state index contributed by atoms with van der Waals surface area (Å²) in [5, 5.41) is 0. The summed E-state index contributed by atoms with van der Waals surface area (Å²) < 4.78 is 0. The fourth-order valence-electron chi connectivity index (χ4n) is 2.62. The zero-order valence-corrected chi connectivity index (χ0v) is 11.0. The Morgan fingerprint density at radius 2 is 1.75 bits per heavy atom. The average Bonchev–Trinajstić information content (AvgIpc) is 2.82. The summed E-state index contributed by atoms with van der Waals surface area (Å²) in [4.78, 5) is 14.5. The molecule has 1 fully saturated rings. The molecule has 1 rings (SSSR count). The highest BCUT2D eigenvalue weighted by Crippen LogP contribution is 2.26. The summed E-state index contributed by atoms with van der Waals surface area (Å²) in [5.74, 6) is 0.159. The van der Waals surface area contributed by atoms with Gasteiger partial charge in [0.2, 0.25) is 5.91 Å². The van der Waals surface area contributed by atoms with E-state index in [1.54, 1.807) is 0 Å². The van der Waals surface area contributed by atoms with E-state index < -0.39 is 5.54 Å². The molecule has 94 valence electrons. The smallest absolute Gasteiger partial charge is 0.242 e. The average molecular weight is 226 g/mol. The summed E-state index contributed by atoms with van der Waals surface area (Å²) in [7, 11) is 0. The van der Waals surface area contributed by atoms with Crippen LogP contribution in [0, 0.1) is 0 Å². The van der Waals surface area contributed by atoms with Gasteiger partial charge in [-0.05, 0) is 32.6 Å². The number of hydrogen-bond donors (Lipinski definition) is 1. The number of nitrogens with zero attached hydrogens (tertiary/aromatic N) is 1. The molecular formula is C13H26N2O. The van der Waals surface area contributed by atoms with Crippen LogP contribution in [0.2, 0.25) is 0 Å². The van der Waals surface area contributed by atoms with Crippen LogP contribution in [-0.2, 0) is 4.79 Å². The van der Waals surface area contributed by atoms with Gasteiger partial charge in [-0.1, -0.05) is 26.7 Å². The Morgan fingerprint density at radius 1 is 1.25 bits per heavy atom. The molecule has 0 heterocycles. The number of nitrogens with two attached hydrogens (primary N) is 1. The number of hydrogen-bond acceptors (Lipinski definition) is 2. The minimum Gasteiger partial charge on any atom is -0.338 e. The first kappa shape index (κ1) is 13.5. The summed E-state index contributed by atoms with van der Waals surface area (Å²) in [6.45, 7) is 6.86. The van der Waals surface area contributed by atoms with E-state index >= 15 is 0 Å². The third kappa shape index (κ3) is 2.57. The Labute approximate surface area is 99.4 Å². The van der Waals surface area contributed by atoms with Gasteiger partial charge in [-0.2, -0.15) is 0 Å². The molecule has 0 atom stereocenters. The van der Waals surface area contributed by atoms with Crippen LogP contribution in [0.5, 0.6) is 0 Å². The van der Waals surface area contributed by atoms with Gasteiger partial charge in [0.25, 0.3) is 0 Å². The molecule has 0 aromatic heterocycles. The predicted molar refractivity (Wildman–Crippen MR) is 67.1 cm³/mol. The SMILES string of the molecule is CCN(C(=O)C(N)(CC)CC)C1CCCC1. The van der Waals surface area contributed by atoms with Crippen molar-refractivity contribution in [1.82, 2.24) is 4.90 Å². The zero-order chi connectivity index (χ0) is 12.2. The van der Waals surface area contributed by atoms with Crippen LogP contribution in [0.25, 0.3) is 0 Å². The van der Waals surface area contributed by atoms with Gasteiger partial charge in [-0.15, -0.1) is 0 Å². The van der Waals surface area contributed by atoms with Crippen molar-refractivity contribution in [2.45, 2.75) is 70.9 Å². The lowest BCUT2D eigenvalue weighted by Gasteiger charge is -2.36. The Balaban J connectivity index is 2.75. The molecule has 0 unspecified atom stereocenters. The van der Waals surface area contributed by atoms with Gasteiger partial charge in [0.15, 0.2) is 0 Å². The van der Waals surface area contributed by atoms with Crippen molar-refractivity contribution in [2.24, 2.45) is 5.73 Å². The summed E-state index contributed by atoms with van der Waals surface area (Å²) in [6, 6.07) is 0.443. The van der Waals surface area contributed by atoms with Crippen molar-refractivity contribution in [3.8, 4) is 0 Å². The first-order valence-electron chi connectivity index (χ1n) is 6.69. The monoisotopic (exact) mass is 226 g/mol. The van der Waals surface area contributed by atoms with Gasteiger partial charge in [-0.3, -0.25) is 4.79 Å². The second-order valence-corrected chi connectivity index (χ2v) is 4.89. The van der Waals surface area contributed by atoms with Crippen LogP contribution in [0.3, 0.4) is 0 Å². The second kappa shape index (κ2) is 5.67. The number of amides is 1. The maximum atomic E-state index is 12.4. The van der Waals surface area contributed by atoms with Gasteiger partial charge in [0.05, 0.1) is 5.54 Å². The molecule has 0 aliphatic heterocycles. The molecule has 16 heavy (non-hydrogen) atoms. The van der Waals surface area contributed by atoms with E-state index in [1.807, 2.05) is 18.7 Å². The van der Waals surface area contributed by atoms with Crippen LogP contribution in [-0.4, -0.2) is 28.9 Å². The van der Waals surface area contributed by atoms with Gasteiger partial charge >= 0.3 is 0 Å². The predicted octanol–water partition coefficient (Wildman–Crippen LogP) is 2.29. The Bertz CT molecular complexity index is 230. The lowest BCUT2D eigenvalue weighted by atomic mass is 9.91. The number of carbonyl (C=O) groups is 1. The van der Waals surface area contributed by atoms with Crippen LogP contribution in [0.1, 0.15) is 59.3 Å². The highest BCUT2D eigenvalue weighted by atomic mass is 16.2. The van der Waals surface area contributed by atoms with Crippen molar-refractivity contribution < 1.29 is 4.79 Å². The standard InChI is InChI=1S/C13H26N2O/c1-4-13(14,5-2)12(16)15(6-3)11-9-7-8-10-11/h11H,4-10,14H2,1-3H3. The van der Waals surface area contributed by atoms with Gasteiger partial charge in [0, 0.05) is 12.6 Å². The number of likely N-dealkylation sites (N-methyl/N-ethyl adjacent to an activating group) is 1. The van der Waals surface area contributed by atoms with Crippen molar-refractivity contribution in [3.63, 3.8) is 0 Å². The van der Waals surface area contributed by atoms with E-state index in [-0.39, 0.29) is 5.91 Å². The van der Waals surface area contributed by atoms with Crippen molar-refractivity contribution in [3.05, 3.63) is 0 Å². The normalized spacial score (nSPS) is 17.8. The zero-order valence-electron chi connectivity index (χ0n) is 11.0. The van der Waals surface area contributed by atoms with Crippen LogP contribution in [0.15, 0.2) is 0 Å².